The summed E-state index contributed by atoms with van der Waals surface area (Å²) in [6, 6.07) is 0. The van der Waals surface area contributed by atoms with Gasteiger partial charge in [0.25, 0.3) is 0 Å². The van der Waals surface area contributed by atoms with Crippen LogP contribution >= 0.6 is 0 Å². The summed E-state index contributed by atoms with van der Waals surface area (Å²) in [5, 5.41) is 0. The van der Waals surface area contributed by atoms with E-state index in [0.717, 1.165) is 63.7 Å². The molecular weight excluding hydrogens is 661 g/mol. The van der Waals surface area contributed by atoms with Gasteiger partial charge in [0.1, 0.15) is 13.2 Å². The molecule has 314 valence electrons. The molecule has 0 aliphatic rings. The lowest BCUT2D eigenvalue weighted by Gasteiger charge is -2.18. The molecule has 0 heterocycles. The molecule has 0 N–H and O–H groups in total. The molecule has 6 heteroatoms. The number of esters is 3. The third-order valence-corrected chi connectivity index (χ3v) is 10.9. The van der Waals surface area contributed by atoms with Crippen LogP contribution in [0.4, 0.5) is 0 Å². The van der Waals surface area contributed by atoms with E-state index in [4.69, 9.17) is 14.2 Å². The minimum Gasteiger partial charge on any atom is -0.462 e. The van der Waals surface area contributed by atoms with Gasteiger partial charge in [0.05, 0.1) is 0 Å². The Morgan fingerprint density at radius 2 is 0.660 bits per heavy atom. The van der Waals surface area contributed by atoms with Crippen molar-refractivity contribution in [3.63, 3.8) is 0 Å². The van der Waals surface area contributed by atoms with E-state index in [1.54, 1.807) is 0 Å². The number of hydrogen-bond acceptors (Lipinski definition) is 6. The Balaban J connectivity index is 4.31. The van der Waals surface area contributed by atoms with Crippen LogP contribution in [0.15, 0.2) is 0 Å². The summed E-state index contributed by atoms with van der Waals surface area (Å²) in [4.78, 5) is 37.7. The van der Waals surface area contributed by atoms with Gasteiger partial charge >= 0.3 is 17.9 Å². The van der Waals surface area contributed by atoms with E-state index in [-0.39, 0.29) is 31.1 Å². The van der Waals surface area contributed by atoms with Gasteiger partial charge in [-0.15, -0.1) is 0 Å². The molecule has 0 amide bonds. The molecule has 0 fully saturated rings. The van der Waals surface area contributed by atoms with E-state index in [1.807, 2.05) is 0 Å². The van der Waals surface area contributed by atoms with Gasteiger partial charge in [-0.3, -0.25) is 14.4 Å². The maximum Gasteiger partial charge on any atom is 0.306 e. The monoisotopic (exact) mass is 751 g/mol. The molecule has 6 nitrogen and oxygen atoms in total. The van der Waals surface area contributed by atoms with Gasteiger partial charge in [0.15, 0.2) is 6.10 Å². The van der Waals surface area contributed by atoms with Crippen molar-refractivity contribution in [2.75, 3.05) is 13.2 Å². The SMILES string of the molecule is CCCCCCCCCCCCCCCCCC(=O)O[C@@H](COC(=O)CCCCCCCCCCCC)COC(=O)CCCCCCCCC(C)CC. The normalized spacial score (nSPS) is 12.5. The van der Waals surface area contributed by atoms with Crippen LogP contribution in [0.25, 0.3) is 0 Å². The van der Waals surface area contributed by atoms with Crippen molar-refractivity contribution in [3.05, 3.63) is 0 Å². The molecule has 0 rings (SSSR count). The summed E-state index contributed by atoms with van der Waals surface area (Å²) in [5.41, 5.74) is 0. The highest BCUT2D eigenvalue weighted by molar-refractivity contribution is 5.71. The molecule has 0 aliphatic carbocycles. The van der Waals surface area contributed by atoms with Crippen LogP contribution in [0.5, 0.6) is 0 Å². The predicted octanol–water partition coefficient (Wildman–Crippen LogP) is 14.7. The topological polar surface area (TPSA) is 78.9 Å². The third kappa shape index (κ3) is 39.9. The van der Waals surface area contributed by atoms with Crippen molar-refractivity contribution in [1.29, 1.82) is 0 Å². The summed E-state index contributed by atoms with van der Waals surface area (Å²) >= 11 is 0. The smallest absolute Gasteiger partial charge is 0.306 e. The van der Waals surface area contributed by atoms with Gasteiger partial charge in [-0.25, -0.2) is 0 Å². The highest BCUT2D eigenvalue weighted by Crippen LogP contribution is 2.17. The minimum atomic E-state index is -0.759. The maximum absolute atomic E-state index is 12.7. The van der Waals surface area contributed by atoms with Gasteiger partial charge in [0, 0.05) is 19.3 Å². The van der Waals surface area contributed by atoms with E-state index in [9.17, 15) is 14.4 Å². The van der Waals surface area contributed by atoms with Crippen molar-refractivity contribution in [3.8, 4) is 0 Å². The van der Waals surface area contributed by atoms with Crippen molar-refractivity contribution in [2.24, 2.45) is 5.92 Å². The lowest BCUT2D eigenvalue weighted by molar-refractivity contribution is -0.167. The Labute approximate surface area is 329 Å². The fourth-order valence-corrected chi connectivity index (χ4v) is 6.95. The maximum atomic E-state index is 12.7. The Morgan fingerprint density at radius 3 is 0.981 bits per heavy atom. The van der Waals surface area contributed by atoms with Gasteiger partial charge in [-0.05, 0) is 25.2 Å². The van der Waals surface area contributed by atoms with E-state index >= 15 is 0 Å². The lowest BCUT2D eigenvalue weighted by Crippen LogP contribution is -2.30. The molecule has 1 unspecified atom stereocenters. The largest absolute Gasteiger partial charge is 0.462 e. The number of ether oxygens (including phenoxy) is 3. The highest BCUT2D eigenvalue weighted by Gasteiger charge is 2.19. The molecule has 2 atom stereocenters. The molecular formula is C47H90O6. The second-order valence-electron chi connectivity index (χ2n) is 16.3. The Kier molecular flexibility index (Phi) is 40.3. The fraction of sp³-hybridized carbons (Fsp3) is 0.936. The Morgan fingerprint density at radius 1 is 0.377 bits per heavy atom. The second-order valence-corrected chi connectivity index (χ2v) is 16.3. The summed E-state index contributed by atoms with van der Waals surface area (Å²) < 4.78 is 16.7. The predicted molar refractivity (Wildman–Crippen MR) is 224 cm³/mol. The van der Waals surface area contributed by atoms with Crippen LogP contribution in [0, 0.1) is 5.92 Å². The minimum absolute atomic E-state index is 0.0644. The zero-order valence-electron chi connectivity index (χ0n) is 36.0. The number of carbonyl (C=O) groups is 3. The zero-order chi connectivity index (χ0) is 38.9. The molecule has 0 radical (unpaired) electrons. The van der Waals surface area contributed by atoms with Gasteiger partial charge in [0.2, 0.25) is 0 Å². The molecule has 0 aliphatic heterocycles. The summed E-state index contributed by atoms with van der Waals surface area (Å²) in [7, 11) is 0. The molecule has 0 aromatic carbocycles. The Hall–Kier alpha value is -1.59. The summed E-state index contributed by atoms with van der Waals surface area (Å²) in [6.07, 6.45) is 40.8. The number of hydrogen-bond donors (Lipinski definition) is 0. The van der Waals surface area contributed by atoms with Crippen molar-refractivity contribution >= 4 is 17.9 Å². The van der Waals surface area contributed by atoms with Crippen LogP contribution in [0.2, 0.25) is 0 Å². The van der Waals surface area contributed by atoms with Crippen LogP contribution in [-0.4, -0.2) is 37.2 Å². The van der Waals surface area contributed by atoms with Crippen LogP contribution in [0.1, 0.15) is 259 Å². The quantitative estimate of drug-likeness (QED) is 0.0351. The fourth-order valence-electron chi connectivity index (χ4n) is 6.95. The summed E-state index contributed by atoms with van der Waals surface area (Å²) in [5.74, 6) is -0.0416. The van der Waals surface area contributed by atoms with E-state index < -0.39 is 6.10 Å². The molecule has 0 spiro atoms. The molecule has 53 heavy (non-hydrogen) atoms. The van der Waals surface area contributed by atoms with Crippen molar-refractivity contribution in [1.82, 2.24) is 0 Å². The van der Waals surface area contributed by atoms with Crippen molar-refractivity contribution in [2.45, 2.75) is 265 Å². The molecule has 0 saturated heterocycles. The third-order valence-electron chi connectivity index (χ3n) is 10.9. The standard InChI is InChI=1S/C47H90O6/c1-5-8-10-12-14-16-18-19-20-21-22-24-26-32-36-40-47(50)53-44(41-51-45(48)38-34-30-25-23-17-15-13-11-9-6-2)42-52-46(49)39-35-31-28-27-29-33-37-43(4)7-3/h43-44H,5-42H2,1-4H3/t43?,44-/m0/s1. The zero-order valence-corrected chi connectivity index (χ0v) is 36.0. The molecule has 0 saturated carbocycles. The first-order chi connectivity index (χ1) is 25.9. The van der Waals surface area contributed by atoms with E-state index in [0.29, 0.717) is 19.3 Å². The number of rotatable bonds is 42. The number of unbranched alkanes of at least 4 members (excludes halogenated alkanes) is 28. The second kappa shape index (κ2) is 41.6. The average Bonchev–Trinajstić information content (AvgIpc) is 3.15. The van der Waals surface area contributed by atoms with E-state index in [1.165, 1.54) is 154 Å². The average molecular weight is 751 g/mol. The van der Waals surface area contributed by atoms with Crippen molar-refractivity contribution < 1.29 is 28.6 Å². The Bertz CT molecular complexity index is 798. The first kappa shape index (κ1) is 51.4. The molecule has 0 aromatic rings. The lowest BCUT2D eigenvalue weighted by atomic mass is 10.00. The highest BCUT2D eigenvalue weighted by atomic mass is 16.6. The summed E-state index contributed by atoms with van der Waals surface area (Å²) in [6.45, 7) is 8.96. The first-order valence-corrected chi connectivity index (χ1v) is 23.4. The first-order valence-electron chi connectivity index (χ1n) is 23.4. The van der Waals surface area contributed by atoms with Crippen LogP contribution in [0.3, 0.4) is 0 Å². The van der Waals surface area contributed by atoms with Gasteiger partial charge in [-0.2, -0.15) is 0 Å². The molecule has 0 aromatic heterocycles. The number of carbonyl (C=O) groups excluding carboxylic acids is 3. The van der Waals surface area contributed by atoms with Crippen LogP contribution < -0.4 is 0 Å². The molecule has 0 bridgehead atoms. The van der Waals surface area contributed by atoms with Gasteiger partial charge < -0.3 is 14.2 Å². The van der Waals surface area contributed by atoms with Crippen LogP contribution in [-0.2, 0) is 28.6 Å². The van der Waals surface area contributed by atoms with E-state index in [2.05, 4.69) is 27.7 Å². The van der Waals surface area contributed by atoms with Gasteiger partial charge in [-0.1, -0.05) is 220 Å².